The third-order valence-electron chi connectivity index (χ3n) is 2.80. The van der Waals surface area contributed by atoms with E-state index in [4.69, 9.17) is 0 Å². The molecule has 2 aromatic rings. The molecular formula is C11H13N5. The van der Waals surface area contributed by atoms with Crippen molar-refractivity contribution in [3.63, 3.8) is 0 Å². The third kappa shape index (κ3) is 1.28. The molecule has 0 saturated carbocycles. The molecule has 1 aliphatic rings. The standard InChI is InChI=1S/C11H13N5/c1-8-9-10(15(2)7-12-9)14-11(13-8)16-5-3-4-6-16/h3,5,7H,4,6H2,1-2H3. The Morgan fingerprint density at radius 3 is 2.94 bits per heavy atom. The van der Waals surface area contributed by atoms with Gasteiger partial charge in [-0.05, 0) is 13.3 Å². The lowest BCUT2D eigenvalue weighted by molar-refractivity contribution is 0.902. The second-order valence-corrected chi connectivity index (χ2v) is 4.00. The van der Waals surface area contributed by atoms with Crippen molar-refractivity contribution < 1.29 is 0 Å². The average Bonchev–Trinajstić information content (AvgIpc) is 2.88. The number of hydrogen-bond acceptors (Lipinski definition) is 4. The molecule has 0 aromatic carbocycles. The smallest absolute Gasteiger partial charge is 0.231 e. The Bertz CT molecular complexity index is 569. The van der Waals surface area contributed by atoms with Gasteiger partial charge in [-0.2, -0.15) is 4.98 Å². The topological polar surface area (TPSA) is 46.8 Å². The number of nitrogens with zero attached hydrogens (tertiary/aromatic N) is 5. The Morgan fingerprint density at radius 1 is 1.31 bits per heavy atom. The Balaban J connectivity index is 2.19. The molecule has 1 aliphatic heterocycles. The number of fused-ring (bicyclic) bond motifs is 1. The quantitative estimate of drug-likeness (QED) is 0.721. The summed E-state index contributed by atoms with van der Waals surface area (Å²) in [5, 5.41) is 0. The normalized spacial score (nSPS) is 15.2. The van der Waals surface area contributed by atoms with Gasteiger partial charge in [-0.15, -0.1) is 0 Å². The summed E-state index contributed by atoms with van der Waals surface area (Å²) < 4.78 is 1.92. The van der Waals surface area contributed by atoms with Crippen molar-refractivity contribution in [2.24, 2.45) is 7.05 Å². The van der Waals surface area contributed by atoms with Crippen LogP contribution in [-0.2, 0) is 7.05 Å². The number of aromatic nitrogens is 4. The van der Waals surface area contributed by atoms with Crippen LogP contribution in [0, 0.1) is 6.92 Å². The molecular weight excluding hydrogens is 202 g/mol. The van der Waals surface area contributed by atoms with Crippen LogP contribution in [0.3, 0.4) is 0 Å². The van der Waals surface area contributed by atoms with Crippen molar-refractivity contribution in [1.29, 1.82) is 0 Å². The molecule has 5 heteroatoms. The van der Waals surface area contributed by atoms with Gasteiger partial charge in [0.25, 0.3) is 0 Å². The fourth-order valence-electron chi connectivity index (χ4n) is 1.92. The number of hydrogen-bond donors (Lipinski definition) is 0. The molecule has 5 nitrogen and oxygen atoms in total. The molecule has 0 bridgehead atoms. The van der Waals surface area contributed by atoms with E-state index in [-0.39, 0.29) is 0 Å². The van der Waals surface area contributed by atoms with Crippen molar-refractivity contribution in [3.8, 4) is 0 Å². The molecule has 16 heavy (non-hydrogen) atoms. The predicted octanol–water partition coefficient (Wildman–Crippen LogP) is 1.40. The van der Waals surface area contributed by atoms with Crippen LogP contribution in [0.15, 0.2) is 18.6 Å². The van der Waals surface area contributed by atoms with Gasteiger partial charge in [0, 0.05) is 19.8 Å². The molecule has 0 fully saturated rings. The summed E-state index contributed by atoms with van der Waals surface area (Å²) in [6.07, 6.45) is 7.00. The first-order valence-electron chi connectivity index (χ1n) is 5.34. The van der Waals surface area contributed by atoms with Crippen LogP contribution in [0.2, 0.25) is 0 Å². The van der Waals surface area contributed by atoms with Crippen LogP contribution in [0.5, 0.6) is 0 Å². The van der Waals surface area contributed by atoms with Crippen LogP contribution in [0.25, 0.3) is 11.2 Å². The molecule has 0 N–H and O–H groups in total. The Kier molecular flexibility index (Phi) is 1.92. The molecule has 82 valence electrons. The molecule has 0 aliphatic carbocycles. The zero-order chi connectivity index (χ0) is 11.1. The predicted molar refractivity (Wildman–Crippen MR) is 62.1 cm³/mol. The highest BCUT2D eigenvalue weighted by molar-refractivity contribution is 5.74. The van der Waals surface area contributed by atoms with Crippen molar-refractivity contribution >= 4 is 17.1 Å². The number of imidazole rings is 1. The molecule has 2 aromatic heterocycles. The van der Waals surface area contributed by atoms with Crippen molar-refractivity contribution in [1.82, 2.24) is 19.5 Å². The highest BCUT2D eigenvalue weighted by Crippen LogP contribution is 2.19. The third-order valence-corrected chi connectivity index (χ3v) is 2.80. The first-order valence-corrected chi connectivity index (χ1v) is 5.34. The van der Waals surface area contributed by atoms with E-state index < -0.39 is 0 Å². The van der Waals surface area contributed by atoms with Gasteiger partial charge in [0.2, 0.25) is 5.95 Å². The van der Waals surface area contributed by atoms with E-state index in [9.17, 15) is 0 Å². The van der Waals surface area contributed by atoms with Crippen LogP contribution < -0.4 is 4.90 Å². The molecule has 0 unspecified atom stereocenters. The lowest BCUT2D eigenvalue weighted by atomic mass is 10.4. The van der Waals surface area contributed by atoms with E-state index in [2.05, 4.69) is 25.9 Å². The van der Waals surface area contributed by atoms with E-state index >= 15 is 0 Å². The minimum Gasteiger partial charge on any atom is -0.318 e. The Labute approximate surface area is 93.4 Å². The van der Waals surface area contributed by atoms with Crippen LogP contribution >= 0.6 is 0 Å². The van der Waals surface area contributed by atoms with Gasteiger partial charge < -0.3 is 9.47 Å². The van der Waals surface area contributed by atoms with Crippen molar-refractivity contribution in [2.45, 2.75) is 13.3 Å². The van der Waals surface area contributed by atoms with Gasteiger partial charge in [-0.3, -0.25) is 0 Å². The van der Waals surface area contributed by atoms with E-state index in [1.54, 1.807) is 6.33 Å². The average molecular weight is 215 g/mol. The maximum absolute atomic E-state index is 4.54. The van der Waals surface area contributed by atoms with Crippen LogP contribution in [0.4, 0.5) is 5.95 Å². The second-order valence-electron chi connectivity index (χ2n) is 4.00. The zero-order valence-electron chi connectivity index (χ0n) is 9.38. The van der Waals surface area contributed by atoms with Gasteiger partial charge in [-0.25, -0.2) is 9.97 Å². The largest absolute Gasteiger partial charge is 0.318 e. The SMILES string of the molecule is Cc1nc(N2C=CCC2)nc2c1ncn2C. The number of aryl methyl sites for hydroxylation is 2. The first kappa shape index (κ1) is 9.33. The molecule has 3 rings (SSSR count). The van der Waals surface area contributed by atoms with E-state index in [1.165, 1.54) is 0 Å². The molecule has 0 amide bonds. The molecule has 0 spiro atoms. The van der Waals surface area contributed by atoms with Gasteiger partial charge in [0.1, 0.15) is 5.52 Å². The van der Waals surface area contributed by atoms with Gasteiger partial charge in [0.05, 0.1) is 12.0 Å². The first-order chi connectivity index (χ1) is 7.75. The van der Waals surface area contributed by atoms with Gasteiger partial charge >= 0.3 is 0 Å². The van der Waals surface area contributed by atoms with Gasteiger partial charge in [0.15, 0.2) is 5.65 Å². The van der Waals surface area contributed by atoms with Crippen LogP contribution in [-0.4, -0.2) is 26.1 Å². The summed E-state index contributed by atoms with van der Waals surface area (Å²) in [4.78, 5) is 15.4. The maximum Gasteiger partial charge on any atom is 0.231 e. The Morgan fingerprint density at radius 2 is 2.19 bits per heavy atom. The zero-order valence-corrected chi connectivity index (χ0v) is 9.38. The van der Waals surface area contributed by atoms with E-state index in [1.807, 2.05) is 24.7 Å². The molecule has 0 radical (unpaired) electrons. The van der Waals surface area contributed by atoms with E-state index in [0.29, 0.717) is 0 Å². The highest BCUT2D eigenvalue weighted by atomic mass is 15.3. The summed E-state index contributed by atoms with van der Waals surface area (Å²) >= 11 is 0. The lowest BCUT2D eigenvalue weighted by Crippen LogP contribution is -2.16. The second kappa shape index (κ2) is 3.30. The molecule has 0 saturated heterocycles. The van der Waals surface area contributed by atoms with Crippen LogP contribution in [0.1, 0.15) is 12.1 Å². The lowest BCUT2D eigenvalue weighted by Gasteiger charge is -2.13. The molecule has 3 heterocycles. The van der Waals surface area contributed by atoms with E-state index in [0.717, 1.165) is 35.8 Å². The van der Waals surface area contributed by atoms with Gasteiger partial charge in [-0.1, -0.05) is 6.08 Å². The van der Waals surface area contributed by atoms with Crippen molar-refractivity contribution in [2.75, 3.05) is 11.4 Å². The number of rotatable bonds is 1. The summed E-state index contributed by atoms with van der Waals surface area (Å²) in [7, 11) is 1.95. The summed E-state index contributed by atoms with van der Waals surface area (Å²) in [6.45, 7) is 2.93. The maximum atomic E-state index is 4.54. The Hall–Kier alpha value is -1.91. The fourth-order valence-corrected chi connectivity index (χ4v) is 1.92. The minimum atomic E-state index is 0.766. The summed E-state index contributed by atoms with van der Waals surface area (Å²) in [6, 6.07) is 0. The number of anilines is 1. The summed E-state index contributed by atoms with van der Waals surface area (Å²) in [5.74, 6) is 0.766. The fraction of sp³-hybridized carbons (Fsp3) is 0.364. The molecule has 0 atom stereocenters. The highest BCUT2D eigenvalue weighted by Gasteiger charge is 2.14. The minimum absolute atomic E-state index is 0.766. The summed E-state index contributed by atoms with van der Waals surface area (Å²) in [5.41, 5.74) is 2.71. The monoisotopic (exact) mass is 215 g/mol. The van der Waals surface area contributed by atoms with Crippen molar-refractivity contribution in [3.05, 3.63) is 24.3 Å².